The van der Waals surface area contributed by atoms with Crippen LogP contribution in [-0.2, 0) is 6.42 Å². The van der Waals surface area contributed by atoms with Gasteiger partial charge in [-0.2, -0.15) is 5.10 Å². The largest absolute Gasteiger partial charge is 0.308 e. The number of hydrogen-bond donors (Lipinski definition) is 2. The highest BCUT2D eigenvalue weighted by atomic mass is 15.3. The van der Waals surface area contributed by atoms with Crippen LogP contribution in [0.4, 0.5) is 5.82 Å². The Morgan fingerprint density at radius 3 is 2.74 bits per heavy atom. The highest BCUT2D eigenvalue weighted by Gasteiger charge is 2.09. The predicted molar refractivity (Wildman–Crippen MR) is 75.4 cm³/mol. The van der Waals surface area contributed by atoms with Crippen molar-refractivity contribution in [3.8, 4) is 11.4 Å². The topological polar surface area (TPSA) is 81.6 Å². The fraction of sp³-hybridized carbons (Fsp3) is 0.462. The van der Waals surface area contributed by atoms with Crippen molar-refractivity contribution in [1.29, 1.82) is 0 Å². The third kappa shape index (κ3) is 3.08. The fourth-order valence-corrected chi connectivity index (χ4v) is 1.82. The monoisotopic (exact) mass is 260 g/mol. The van der Waals surface area contributed by atoms with Crippen molar-refractivity contribution in [1.82, 2.24) is 19.7 Å². The molecule has 6 nitrogen and oxygen atoms in total. The molecule has 102 valence electrons. The average molecular weight is 260 g/mol. The molecule has 0 aliphatic rings. The van der Waals surface area contributed by atoms with Gasteiger partial charge in [0.15, 0.2) is 5.82 Å². The van der Waals surface area contributed by atoms with E-state index in [9.17, 15) is 0 Å². The molecule has 0 aromatic carbocycles. The zero-order valence-corrected chi connectivity index (χ0v) is 11.6. The molecule has 19 heavy (non-hydrogen) atoms. The minimum atomic E-state index is 0.319. The Morgan fingerprint density at radius 1 is 1.37 bits per heavy atom. The minimum Gasteiger partial charge on any atom is -0.308 e. The summed E-state index contributed by atoms with van der Waals surface area (Å²) in [6, 6.07) is 2.19. The Labute approximate surface area is 113 Å². The van der Waals surface area contributed by atoms with Crippen LogP contribution in [0.15, 0.2) is 18.5 Å². The van der Waals surface area contributed by atoms with Gasteiger partial charge in [0.1, 0.15) is 5.82 Å². The molecule has 3 N–H and O–H groups in total. The van der Waals surface area contributed by atoms with Gasteiger partial charge in [0.05, 0.1) is 11.8 Å². The van der Waals surface area contributed by atoms with Crippen molar-refractivity contribution in [3.05, 3.63) is 24.2 Å². The normalized spacial score (nSPS) is 11.0. The first-order chi connectivity index (χ1) is 9.13. The molecule has 0 bridgehead atoms. The second-order valence-corrected chi connectivity index (χ2v) is 4.77. The zero-order valence-electron chi connectivity index (χ0n) is 11.6. The van der Waals surface area contributed by atoms with Crippen molar-refractivity contribution in [3.63, 3.8) is 0 Å². The Hall–Kier alpha value is -1.95. The van der Waals surface area contributed by atoms with Gasteiger partial charge >= 0.3 is 0 Å². The number of hydrogen-bond acceptors (Lipinski definition) is 5. The molecular weight excluding hydrogens is 240 g/mol. The Balaban J connectivity index is 2.38. The van der Waals surface area contributed by atoms with Gasteiger partial charge in [0, 0.05) is 24.0 Å². The van der Waals surface area contributed by atoms with Crippen LogP contribution in [0.1, 0.15) is 38.9 Å². The molecule has 0 atom stereocenters. The second kappa shape index (κ2) is 5.79. The molecule has 2 aromatic rings. The van der Waals surface area contributed by atoms with E-state index in [4.69, 9.17) is 5.84 Å². The first kappa shape index (κ1) is 13.5. The van der Waals surface area contributed by atoms with E-state index in [0.717, 1.165) is 24.1 Å². The molecule has 2 heterocycles. The molecule has 0 saturated heterocycles. The maximum absolute atomic E-state index is 5.45. The van der Waals surface area contributed by atoms with Crippen LogP contribution in [0, 0.1) is 0 Å². The summed E-state index contributed by atoms with van der Waals surface area (Å²) in [5.74, 6) is 6.74. The van der Waals surface area contributed by atoms with E-state index in [1.807, 2.05) is 16.9 Å². The Morgan fingerprint density at radius 2 is 2.16 bits per heavy atom. The molecule has 0 spiro atoms. The minimum absolute atomic E-state index is 0.319. The van der Waals surface area contributed by atoms with Crippen molar-refractivity contribution in [2.24, 2.45) is 5.84 Å². The van der Waals surface area contributed by atoms with Crippen LogP contribution in [0.2, 0.25) is 0 Å². The molecule has 0 aliphatic carbocycles. The highest BCUT2D eigenvalue weighted by molar-refractivity contribution is 5.55. The first-order valence-corrected chi connectivity index (χ1v) is 6.53. The summed E-state index contributed by atoms with van der Waals surface area (Å²) in [6.07, 6.45) is 5.68. The first-order valence-electron chi connectivity index (χ1n) is 6.53. The summed E-state index contributed by atoms with van der Waals surface area (Å²) in [6.45, 7) is 6.28. The van der Waals surface area contributed by atoms with Gasteiger partial charge in [0.2, 0.25) is 0 Å². The molecule has 0 amide bonds. The number of aryl methyl sites for hydroxylation is 1. The lowest BCUT2D eigenvalue weighted by Gasteiger charge is -2.06. The number of nitrogens with two attached hydrogens (primary N) is 1. The lowest BCUT2D eigenvalue weighted by atomic mass is 10.2. The number of hydrazine groups is 1. The van der Waals surface area contributed by atoms with Gasteiger partial charge in [-0.25, -0.2) is 15.8 Å². The van der Waals surface area contributed by atoms with Crippen LogP contribution in [0.25, 0.3) is 11.4 Å². The van der Waals surface area contributed by atoms with E-state index in [1.54, 1.807) is 6.20 Å². The van der Waals surface area contributed by atoms with Crippen LogP contribution in [0.3, 0.4) is 0 Å². The third-order valence-electron chi connectivity index (χ3n) is 2.82. The number of rotatable bonds is 5. The summed E-state index contributed by atoms with van der Waals surface area (Å²) < 4.78 is 1.89. The van der Waals surface area contributed by atoms with Crippen LogP contribution < -0.4 is 11.3 Å². The number of nitrogens with one attached hydrogen (secondary N) is 1. The number of nitrogen functional groups attached to an aromatic ring is 1. The molecule has 0 unspecified atom stereocenters. The Kier molecular flexibility index (Phi) is 4.11. The van der Waals surface area contributed by atoms with E-state index in [0.29, 0.717) is 17.7 Å². The fourth-order valence-electron chi connectivity index (χ4n) is 1.82. The van der Waals surface area contributed by atoms with Crippen LogP contribution >= 0.6 is 0 Å². The second-order valence-electron chi connectivity index (χ2n) is 4.77. The van der Waals surface area contributed by atoms with Gasteiger partial charge in [0.25, 0.3) is 0 Å². The molecule has 0 saturated carbocycles. The average Bonchev–Trinajstić information content (AvgIpc) is 2.88. The van der Waals surface area contributed by atoms with Crippen molar-refractivity contribution in [2.45, 2.75) is 39.7 Å². The SMILES string of the molecule is CCCc1cc(NN)nc(-c2cnn(C(C)C)c2)n1. The summed E-state index contributed by atoms with van der Waals surface area (Å²) in [5, 5.41) is 4.31. The number of anilines is 1. The van der Waals surface area contributed by atoms with Gasteiger partial charge in [-0.05, 0) is 20.3 Å². The van der Waals surface area contributed by atoms with Crippen LogP contribution in [-0.4, -0.2) is 19.7 Å². The van der Waals surface area contributed by atoms with E-state index in [2.05, 4.69) is 41.3 Å². The van der Waals surface area contributed by atoms with Crippen molar-refractivity contribution in [2.75, 3.05) is 5.43 Å². The lowest BCUT2D eigenvalue weighted by molar-refractivity contribution is 0.532. The molecular formula is C13H20N6. The standard InChI is InChI=1S/C13H20N6/c1-4-5-11-6-12(18-14)17-13(16-11)10-7-15-19(8-10)9(2)3/h6-9H,4-5,14H2,1-3H3,(H,16,17,18). The molecule has 0 fully saturated rings. The van der Waals surface area contributed by atoms with E-state index >= 15 is 0 Å². The van der Waals surface area contributed by atoms with Crippen molar-refractivity contribution < 1.29 is 0 Å². The van der Waals surface area contributed by atoms with Crippen molar-refractivity contribution >= 4 is 5.82 Å². The summed E-state index contributed by atoms with van der Waals surface area (Å²) in [7, 11) is 0. The van der Waals surface area contributed by atoms with E-state index < -0.39 is 0 Å². The summed E-state index contributed by atoms with van der Waals surface area (Å²) >= 11 is 0. The molecule has 0 radical (unpaired) electrons. The molecule has 6 heteroatoms. The quantitative estimate of drug-likeness (QED) is 0.636. The summed E-state index contributed by atoms with van der Waals surface area (Å²) in [4.78, 5) is 8.93. The Bertz CT molecular complexity index is 546. The van der Waals surface area contributed by atoms with E-state index in [-0.39, 0.29) is 0 Å². The maximum atomic E-state index is 5.45. The molecule has 2 rings (SSSR count). The third-order valence-corrected chi connectivity index (χ3v) is 2.82. The van der Waals surface area contributed by atoms with Gasteiger partial charge in [-0.1, -0.05) is 13.3 Å². The van der Waals surface area contributed by atoms with Crippen LogP contribution in [0.5, 0.6) is 0 Å². The molecule has 0 aliphatic heterocycles. The smallest absolute Gasteiger partial charge is 0.164 e. The lowest BCUT2D eigenvalue weighted by Crippen LogP contribution is -2.10. The number of aromatic nitrogens is 4. The molecule has 2 aromatic heterocycles. The maximum Gasteiger partial charge on any atom is 0.164 e. The van der Waals surface area contributed by atoms with E-state index in [1.165, 1.54) is 0 Å². The zero-order chi connectivity index (χ0) is 13.8. The van der Waals surface area contributed by atoms with Gasteiger partial charge in [-0.3, -0.25) is 4.68 Å². The summed E-state index contributed by atoms with van der Waals surface area (Å²) in [5.41, 5.74) is 4.48. The van der Waals surface area contributed by atoms with Gasteiger partial charge in [-0.15, -0.1) is 0 Å². The highest BCUT2D eigenvalue weighted by Crippen LogP contribution is 2.19. The van der Waals surface area contributed by atoms with Gasteiger partial charge < -0.3 is 5.43 Å². The predicted octanol–water partition coefficient (Wildman–Crippen LogP) is 2.16. The number of nitrogens with zero attached hydrogens (tertiary/aromatic N) is 4.